The maximum absolute atomic E-state index is 12.8. The van der Waals surface area contributed by atoms with Crippen LogP contribution in [0.4, 0.5) is 5.69 Å². The van der Waals surface area contributed by atoms with E-state index in [9.17, 15) is 14.7 Å². The van der Waals surface area contributed by atoms with Crippen molar-refractivity contribution in [3.05, 3.63) is 121 Å². The number of hydrogen-bond acceptors (Lipinski definition) is 4. The summed E-state index contributed by atoms with van der Waals surface area (Å²) in [6.07, 6.45) is 1.60. The Kier molecular flexibility index (Phi) is 4.90. The molecular formula is C27H21N3O3. The van der Waals surface area contributed by atoms with Crippen LogP contribution in [0, 0.1) is 13.8 Å². The number of aliphatic imine (C=N–C) groups is 1. The second-order valence-corrected chi connectivity index (χ2v) is 8.00. The fourth-order valence-corrected chi connectivity index (χ4v) is 3.99. The Morgan fingerprint density at radius 1 is 0.909 bits per heavy atom. The quantitative estimate of drug-likeness (QED) is 0.496. The van der Waals surface area contributed by atoms with Crippen molar-refractivity contribution in [1.29, 1.82) is 0 Å². The van der Waals surface area contributed by atoms with Gasteiger partial charge >= 0.3 is 5.69 Å². The topological polar surface area (TPSA) is 87.4 Å². The highest BCUT2D eigenvalue weighted by Crippen LogP contribution is 2.38. The van der Waals surface area contributed by atoms with Gasteiger partial charge in [-0.25, -0.2) is 14.4 Å². The fourth-order valence-electron chi connectivity index (χ4n) is 3.99. The Hall–Kier alpha value is -4.45. The summed E-state index contributed by atoms with van der Waals surface area (Å²) in [7, 11) is 0. The number of H-pyrrole nitrogens is 1. The maximum atomic E-state index is 12.8. The van der Waals surface area contributed by atoms with Crippen LogP contribution in [0.2, 0.25) is 0 Å². The van der Waals surface area contributed by atoms with Crippen molar-refractivity contribution in [3.63, 3.8) is 0 Å². The molecule has 0 saturated carbocycles. The Morgan fingerprint density at radius 3 is 2.39 bits per heavy atom. The molecule has 162 valence electrons. The number of hydrogen-bond donors (Lipinski definition) is 2. The van der Waals surface area contributed by atoms with Gasteiger partial charge in [-0.05, 0) is 49.2 Å². The number of nitrogens with zero attached hydrogens (tertiary/aromatic N) is 2. The van der Waals surface area contributed by atoms with E-state index in [1.54, 1.807) is 18.2 Å². The van der Waals surface area contributed by atoms with Crippen LogP contribution in [0.5, 0.6) is 5.88 Å². The number of benzene rings is 3. The number of aromatic hydroxyl groups is 1. The van der Waals surface area contributed by atoms with Crippen molar-refractivity contribution >= 4 is 23.0 Å². The molecule has 1 aromatic heterocycles. The van der Waals surface area contributed by atoms with Crippen LogP contribution in [0.25, 0.3) is 17.3 Å². The summed E-state index contributed by atoms with van der Waals surface area (Å²) >= 11 is 0. The van der Waals surface area contributed by atoms with E-state index in [0.29, 0.717) is 17.0 Å². The molecule has 0 fully saturated rings. The van der Waals surface area contributed by atoms with Gasteiger partial charge in [0.05, 0.1) is 17.1 Å². The molecule has 0 unspecified atom stereocenters. The van der Waals surface area contributed by atoms with Gasteiger partial charge in [-0.15, -0.1) is 0 Å². The number of fused-ring (bicyclic) bond motifs is 1. The van der Waals surface area contributed by atoms with Crippen molar-refractivity contribution < 1.29 is 5.11 Å². The smallest absolute Gasteiger partial charge is 0.335 e. The van der Waals surface area contributed by atoms with Crippen molar-refractivity contribution in [1.82, 2.24) is 9.55 Å². The first-order valence-electron chi connectivity index (χ1n) is 10.6. The predicted molar refractivity (Wildman–Crippen MR) is 131 cm³/mol. The van der Waals surface area contributed by atoms with Gasteiger partial charge in [0.1, 0.15) is 5.56 Å². The Morgan fingerprint density at radius 2 is 1.64 bits per heavy atom. The molecule has 6 heteroatoms. The number of aromatic amines is 1. The van der Waals surface area contributed by atoms with Gasteiger partial charge in [0.15, 0.2) is 0 Å². The number of aromatic nitrogens is 2. The lowest BCUT2D eigenvalue weighted by Crippen LogP contribution is -2.30. The van der Waals surface area contributed by atoms with Crippen LogP contribution < -0.4 is 11.2 Å². The number of allylic oxidation sites excluding steroid dienone is 1. The highest BCUT2D eigenvalue weighted by Gasteiger charge is 2.24. The number of para-hydroxylation sites is 1. The first-order valence-corrected chi connectivity index (χ1v) is 10.6. The van der Waals surface area contributed by atoms with Gasteiger partial charge in [0.2, 0.25) is 5.88 Å². The number of nitrogens with one attached hydrogen (secondary N) is 1. The Balaban J connectivity index is 1.75. The normalized spacial score (nSPS) is 13.8. The minimum Gasteiger partial charge on any atom is -0.494 e. The Bertz CT molecular complexity index is 1570. The van der Waals surface area contributed by atoms with Crippen LogP contribution in [0.15, 0.2) is 87.4 Å². The SMILES string of the molecule is Cc1ccc(-n2c(O)c(/C=C3/C(c4ccccc4)=Nc4ccccc43)c(=O)[nH]c2=O)cc1C. The fraction of sp³-hybridized carbons (Fsp3) is 0.0741. The van der Waals surface area contributed by atoms with Crippen LogP contribution >= 0.6 is 0 Å². The molecule has 6 nitrogen and oxygen atoms in total. The molecule has 0 aliphatic carbocycles. The molecule has 33 heavy (non-hydrogen) atoms. The summed E-state index contributed by atoms with van der Waals surface area (Å²) in [6.45, 7) is 3.89. The summed E-state index contributed by atoms with van der Waals surface area (Å²) in [5.74, 6) is -0.420. The van der Waals surface area contributed by atoms with Crippen LogP contribution in [-0.4, -0.2) is 20.4 Å². The first-order chi connectivity index (χ1) is 15.9. The molecule has 0 spiro atoms. The van der Waals surface area contributed by atoms with Crippen LogP contribution in [-0.2, 0) is 0 Å². The number of rotatable bonds is 3. The average Bonchev–Trinajstić information content (AvgIpc) is 3.18. The minimum absolute atomic E-state index is 0.0110. The summed E-state index contributed by atoms with van der Waals surface area (Å²) < 4.78 is 1.11. The average molecular weight is 435 g/mol. The van der Waals surface area contributed by atoms with Gasteiger partial charge in [0, 0.05) is 16.7 Å². The van der Waals surface area contributed by atoms with Crippen molar-refractivity contribution in [2.24, 2.45) is 4.99 Å². The van der Waals surface area contributed by atoms with Gasteiger partial charge < -0.3 is 5.11 Å². The lowest BCUT2D eigenvalue weighted by Gasteiger charge is -2.12. The standard InChI is InChI=1S/C27H21N3O3/c1-16-12-13-19(14-17(16)2)30-26(32)22(25(31)29-27(30)33)15-21-20-10-6-7-11-23(20)28-24(21)18-8-4-3-5-9-18/h3-15,32H,1-2H3,(H,29,31,33)/b21-15+. The molecule has 1 aliphatic rings. The largest absolute Gasteiger partial charge is 0.494 e. The second-order valence-electron chi connectivity index (χ2n) is 8.00. The summed E-state index contributed by atoms with van der Waals surface area (Å²) in [6, 6.07) is 22.7. The highest BCUT2D eigenvalue weighted by atomic mass is 16.3. The summed E-state index contributed by atoms with van der Waals surface area (Å²) in [5.41, 5.74) is 5.02. The molecule has 3 aromatic carbocycles. The zero-order valence-electron chi connectivity index (χ0n) is 18.2. The van der Waals surface area contributed by atoms with E-state index in [1.807, 2.05) is 74.5 Å². The van der Waals surface area contributed by atoms with E-state index in [1.165, 1.54) is 0 Å². The molecule has 1 aliphatic heterocycles. The molecule has 0 radical (unpaired) electrons. The molecule has 2 heterocycles. The van der Waals surface area contributed by atoms with E-state index in [-0.39, 0.29) is 5.56 Å². The predicted octanol–water partition coefficient (Wildman–Crippen LogP) is 4.52. The van der Waals surface area contributed by atoms with Crippen molar-refractivity contribution in [3.8, 4) is 11.6 Å². The van der Waals surface area contributed by atoms with E-state index in [2.05, 4.69) is 4.98 Å². The third-order valence-corrected chi connectivity index (χ3v) is 5.89. The minimum atomic E-state index is -0.702. The second kappa shape index (κ2) is 7.91. The highest BCUT2D eigenvalue weighted by molar-refractivity contribution is 6.39. The third kappa shape index (κ3) is 3.51. The van der Waals surface area contributed by atoms with E-state index in [0.717, 1.165) is 32.5 Å². The molecule has 0 atom stereocenters. The van der Waals surface area contributed by atoms with Crippen LogP contribution in [0.3, 0.4) is 0 Å². The van der Waals surface area contributed by atoms with Crippen LogP contribution in [0.1, 0.15) is 27.8 Å². The Labute approximate surface area is 189 Å². The van der Waals surface area contributed by atoms with Crippen molar-refractivity contribution in [2.75, 3.05) is 0 Å². The molecule has 0 saturated heterocycles. The molecule has 0 amide bonds. The number of aryl methyl sites for hydroxylation is 2. The zero-order chi connectivity index (χ0) is 23.1. The lowest BCUT2D eigenvalue weighted by atomic mass is 9.96. The molecule has 4 aromatic rings. The monoisotopic (exact) mass is 435 g/mol. The molecule has 0 bridgehead atoms. The third-order valence-electron chi connectivity index (χ3n) is 5.89. The lowest BCUT2D eigenvalue weighted by molar-refractivity contribution is 0.429. The van der Waals surface area contributed by atoms with Gasteiger partial charge in [0.25, 0.3) is 5.56 Å². The van der Waals surface area contributed by atoms with E-state index in [4.69, 9.17) is 4.99 Å². The van der Waals surface area contributed by atoms with Gasteiger partial charge in [-0.1, -0.05) is 54.6 Å². The van der Waals surface area contributed by atoms with Gasteiger partial charge in [-0.3, -0.25) is 9.78 Å². The summed E-state index contributed by atoms with van der Waals surface area (Å²) in [4.78, 5) is 32.5. The van der Waals surface area contributed by atoms with Gasteiger partial charge in [-0.2, -0.15) is 0 Å². The summed E-state index contributed by atoms with van der Waals surface area (Å²) in [5, 5.41) is 11.1. The zero-order valence-corrected chi connectivity index (χ0v) is 18.2. The molecule has 2 N–H and O–H groups in total. The van der Waals surface area contributed by atoms with Crippen molar-refractivity contribution in [2.45, 2.75) is 13.8 Å². The molecule has 5 rings (SSSR count). The molecular weight excluding hydrogens is 414 g/mol. The first kappa shape index (κ1) is 20.5. The van der Waals surface area contributed by atoms with E-state index >= 15 is 0 Å². The maximum Gasteiger partial charge on any atom is 0.335 e. The van der Waals surface area contributed by atoms with E-state index < -0.39 is 17.1 Å².